The van der Waals surface area contributed by atoms with Gasteiger partial charge in [0.15, 0.2) is 0 Å². The third-order valence-corrected chi connectivity index (χ3v) is 5.99. The molecule has 0 saturated carbocycles. The van der Waals surface area contributed by atoms with Crippen LogP contribution in [0.15, 0.2) is 42.7 Å². The van der Waals surface area contributed by atoms with E-state index in [0.29, 0.717) is 30.9 Å². The Hall–Kier alpha value is -3.46. The van der Waals surface area contributed by atoms with Crippen LogP contribution in [0.1, 0.15) is 32.3 Å². The van der Waals surface area contributed by atoms with Crippen molar-refractivity contribution in [2.75, 3.05) is 45.8 Å². The van der Waals surface area contributed by atoms with Crippen LogP contribution in [0, 0.1) is 0 Å². The molecule has 3 aromatic rings. The highest BCUT2D eigenvalue weighted by atomic mass is 16.5. The second-order valence-corrected chi connectivity index (χ2v) is 8.37. The minimum atomic E-state index is 0.289. The van der Waals surface area contributed by atoms with Gasteiger partial charge in [0.1, 0.15) is 17.2 Å². The highest BCUT2D eigenvalue weighted by molar-refractivity contribution is 5.59. The van der Waals surface area contributed by atoms with E-state index in [9.17, 15) is 0 Å². The predicted molar refractivity (Wildman–Crippen MR) is 135 cm³/mol. The summed E-state index contributed by atoms with van der Waals surface area (Å²) < 4.78 is 24.6. The molecule has 1 aliphatic rings. The molecule has 1 aliphatic heterocycles. The number of hydrogen-bond acceptors (Lipinski definition) is 8. The molecule has 1 aromatic carbocycles. The molecule has 0 atom stereocenters. The third kappa shape index (κ3) is 6.16. The Morgan fingerprint density at radius 2 is 1.46 bits per heavy atom. The van der Waals surface area contributed by atoms with E-state index in [-0.39, 0.29) is 6.04 Å². The minimum absolute atomic E-state index is 0.289. The van der Waals surface area contributed by atoms with E-state index in [1.807, 2.05) is 42.9 Å². The van der Waals surface area contributed by atoms with Crippen molar-refractivity contribution in [1.82, 2.24) is 19.4 Å². The molecule has 1 fully saturated rings. The maximum Gasteiger partial charge on any atom is 0.229 e. The number of rotatable bonds is 11. The van der Waals surface area contributed by atoms with Crippen LogP contribution in [-0.2, 0) is 6.54 Å². The van der Waals surface area contributed by atoms with Crippen LogP contribution in [0.25, 0.3) is 5.69 Å². The van der Waals surface area contributed by atoms with Crippen molar-refractivity contribution < 1.29 is 18.9 Å². The van der Waals surface area contributed by atoms with Gasteiger partial charge in [-0.15, -0.1) is 0 Å². The molecule has 0 aliphatic carbocycles. The zero-order valence-electron chi connectivity index (χ0n) is 21.0. The van der Waals surface area contributed by atoms with Crippen molar-refractivity contribution in [3.8, 4) is 28.9 Å². The average Bonchev–Trinajstić information content (AvgIpc) is 3.40. The SMILES string of the molecule is CCOc1cc(CN2CCC(Nc3nc(OC)cc(OC)n3)CC2)cc(OCC)c1-n1cccc1. The van der Waals surface area contributed by atoms with Gasteiger partial charge in [-0.1, -0.05) is 0 Å². The Labute approximate surface area is 207 Å². The lowest BCUT2D eigenvalue weighted by atomic mass is 10.0. The number of hydrogen-bond donors (Lipinski definition) is 1. The largest absolute Gasteiger partial charge is 0.492 e. The van der Waals surface area contributed by atoms with Crippen LogP contribution < -0.4 is 24.3 Å². The van der Waals surface area contributed by atoms with Crippen molar-refractivity contribution in [2.45, 2.75) is 39.3 Å². The minimum Gasteiger partial charge on any atom is -0.492 e. The molecule has 9 nitrogen and oxygen atoms in total. The van der Waals surface area contributed by atoms with Crippen molar-refractivity contribution in [1.29, 1.82) is 0 Å². The maximum atomic E-state index is 6.04. The van der Waals surface area contributed by atoms with E-state index in [1.165, 1.54) is 5.56 Å². The summed E-state index contributed by atoms with van der Waals surface area (Å²) in [5.74, 6) is 3.17. The van der Waals surface area contributed by atoms with Gasteiger partial charge in [-0.05, 0) is 56.5 Å². The molecule has 1 saturated heterocycles. The molecule has 0 unspecified atom stereocenters. The third-order valence-electron chi connectivity index (χ3n) is 5.99. The van der Waals surface area contributed by atoms with E-state index < -0.39 is 0 Å². The van der Waals surface area contributed by atoms with Gasteiger partial charge in [0.05, 0.1) is 33.5 Å². The summed E-state index contributed by atoms with van der Waals surface area (Å²) in [5, 5.41) is 3.44. The van der Waals surface area contributed by atoms with E-state index in [4.69, 9.17) is 18.9 Å². The molecule has 0 bridgehead atoms. The smallest absolute Gasteiger partial charge is 0.229 e. The first kappa shape index (κ1) is 24.7. The number of ether oxygens (including phenoxy) is 4. The van der Waals surface area contributed by atoms with Crippen LogP contribution in [0.3, 0.4) is 0 Å². The Morgan fingerprint density at radius 1 is 0.886 bits per heavy atom. The molecule has 0 radical (unpaired) electrons. The monoisotopic (exact) mass is 481 g/mol. The van der Waals surface area contributed by atoms with Crippen LogP contribution in [0.5, 0.6) is 23.3 Å². The van der Waals surface area contributed by atoms with Crippen LogP contribution in [0.2, 0.25) is 0 Å². The first-order chi connectivity index (χ1) is 17.1. The Bertz CT molecular complexity index is 1030. The van der Waals surface area contributed by atoms with Crippen molar-refractivity contribution in [3.05, 3.63) is 48.3 Å². The van der Waals surface area contributed by atoms with Crippen molar-refractivity contribution in [2.24, 2.45) is 0 Å². The van der Waals surface area contributed by atoms with Gasteiger partial charge >= 0.3 is 0 Å². The Morgan fingerprint density at radius 3 is 1.97 bits per heavy atom. The summed E-state index contributed by atoms with van der Waals surface area (Å²) >= 11 is 0. The normalized spacial score (nSPS) is 14.5. The van der Waals surface area contributed by atoms with Gasteiger partial charge in [-0.2, -0.15) is 9.97 Å². The Kier molecular flexibility index (Phi) is 8.31. The molecule has 4 rings (SSSR count). The van der Waals surface area contributed by atoms with Crippen LogP contribution >= 0.6 is 0 Å². The molecule has 3 heterocycles. The summed E-state index contributed by atoms with van der Waals surface area (Å²) in [7, 11) is 3.17. The maximum absolute atomic E-state index is 6.04. The summed E-state index contributed by atoms with van der Waals surface area (Å²) in [4.78, 5) is 11.3. The fourth-order valence-electron chi connectivity index (χ4n) is 4.35. The van der Waals surface area contributed by atoms with Gasteiger partial charge in [-0.25, -0.2) is 0 Å². The summed E-state index contributed by atoms with van der Waals surface area (Å²) in [6.07, 6.45) is 6.00. The molecular weight excluding hydrogens is 446 g/mol. The molecule has 188 valence electrons. The Balaban J connectivity index is 1.43. The topological polar surface area (TPSA) is 82.9 Å². The molecule has 35 heavy (non-hydrogen) atoms. The van der Waals surface area contributed by atoms with E-state index >= 15 is 0 Å². The lowest BCUT2D eigenvalue weighted by Gasteiger charge is -2.32. The summed E-state index contributed by atoms with van der Waals surface area (Å²) in [6.45, 7) is 7.97. The number of piperidine rings is 1. The van der Waals surface area contributed by atoms with E-state index in [2.05, 4.69) is 32.3 Å². The summed E-state index contributed by atoms with van der Waals surface area (Å²) in [5.41, 5.74) is 2.12. The highest BCUT2D eigenvalue weighted by Crippen LogP contribution is 2.35. The molecule has 0 spiro atoms. The van der Waals surface area contributed by atoms with Gasteiger partial charge in [0, 0.05) is 38.1 Å². The standard InChI is InChI=1S/C26H35N5O4/c1-5-34-21-15-19(16-22(35-6-2)25(21)31-11-7-8-12-31)18-30-13-9-20(10-14-30)27-26-28-23(32-3)17-24(29-26)33-4/h7-8,11-12,15-17,20H,5-6,9-10,13-14,18H2,1-4H3,(H,27,28,29). The zero-order valence-corrected chi connectivity index (χ0v) is 21.0. The number of anilines is 1. The molecule has 1 N–H and O–H groups in total. The lowest BCUT2D eigenvalue weighted by Crippen LogP contribution is -2.39. The number of nitrogens with one attached hydrogen (secondary N) is 1. The average molecular weight is 482 g/mol. The molecule has 9 heteroatoms. The van der Waals surface area contributed by atoms with Gasteiger partial charge < -0.3 is 28.8 Å². The first-order valence-corrected chi connectivity index (χ1v) is 12.1. The van der Waals surface area contributed by atoms with Crippen molar-refractivity contribution >= 4 is 5.95 Å². The second-order valence-electron chi connectivity index (χ2n) is 8.37. The number of aromatic nitrogens is 3. The number of nitrogens with zero attached hydrogens (tertiary/aromatic N) is 4. The molecule has 2 aromatic heterocycles. The van der Waals surface area contributed by atoms with Crippen LogP contribution in [0.4, 0.5) is 5.95 Å². The van der Waals surface area contributed by atoms with Crippen molar-refractivity contribution in [3.63, 3.8) is 0 Å². The molecule has 0 amide bonds. The number of methoxy groups -OCH3 is 2. The predicted octanol–water partition coefficient (Wildman–Crippen LogP) is 4.16. The fraction of sp³-hybridized carbons (Fsp3) is 0.462. The van der Waals surface area contributed by atoms with E-state index in [0.717, 1.165) is 49.7 Å². The lowest BCUT2D eigenvalue weighted by molar-refractivity contribution is 0.210. The van der Waals surface area contributed by atoms with Crippen LogP contribution in [-0.4, -0.2) is 66.0 Å². The van der Waals surface area contributed by atoms with Gasteiger partial charge in [0.2, 0.25) is 17.7 Å². The summed E-state index contributed by atoms with van der Waals surface area (Å²) in [6, 6.07) is 10.2. The zero-order chi connectivity index (χ0) is 24.6. The number of benzene rings is 1. The van der Waals surface area contributed by atoms with Gasteiger partial charge in [0.25, 0.3) is 0 Å². The second kappa shape index (κ2) is 11.8. The molecular formula is C26H35N5O4. The van der Waals surface area contributed by atoms with E-state index in [1.54, 1.807) is 20.3 Å². The highest BCUT2D eigenvalue weighted by Gasteiger charge is 2.22. The fourth-order valence-corrected chi connectivity index (χ4v) is 4.35. The number of likely N-dealkylation sites (tertiary alicyclic amines) is 1. The quantitative estimate of drug-likeness (QED) is 0.437. The van der Waals surface area contributed by atoms with Gasteiger partial charge in [-0.3, -0.25) is 4.90 Å². The first-order valence-electron chi connectivity index (χ1n) is 12.1.